The first kappa shape index (κ1) is 11.7. The summed E-state index contributed by atoms with van der Waals surface area (Å²) in [4.78, 5) is 8.81. The maximum absolute atomic E-state index is 9.17. The second kappa shape index (κ2) is 4.93. The molecule has 0 unspecified atom stereocenters. The summed E-state index contributed by atoms with van der Waals surface area (Å²) in [5.41, 5.74) is 0. The molecule has 0 heterocycles. The zero-order valence-electron chi connectivity index (χ0n) is 7.09. The second-order valence-electron chi connectivity index (χ2n) is 2.92. The molecule has 1 rings (SSSR count). The Labute approximate surface area is 78.6 Å². The highest BCUT2D eigenvalue weighted by molar-refractivity contribution is 4.84. The summed E-state index contributed by atoms with van der Waals surface area (Å²) in [6, 6.07) is 0. The van der Waals surface area contributed by atoms with Crippen LogP contribution in [0.4, 0.5) is 0 Å². The van der Waals surface area contributed by atoms with Crippen molar-refractivity contribution >= 4 is 0 Å². The molecular formula is C5H12N2O7. The van der Waals surface area contributed by atoms with Crippen LogP contribution in [-0.4, -0.2) is 55.0 Å². The number of nitrogens with zero attached hydrogens (tertiary/aromatic N) is 2. The largest absolute Gasteiger partial charge is 0.393 e. The van der Waals surface area contributed by atoms with Crippen molar-refractivity contribution < 1.29 is 35.6 Å². The van der Waals surface area contributed by atoms with E-state index >= 15 is 0 Å². The van der Waals surface area contributed by atoms with E-state index in [1.807, 2.05) is 0 Å². The van der Waals surface area contributed by atoms with Gasteiger partial charge >= 0.3 is 0 Å². The van der Waals surface area contributed by atoms with Crippen molar-refractivity contribution in [1.29, 1.82) is 0 Å². The highest BCUT2D eigenvalue weighted by Gasteiger charge is 2.38. The van der Waals surface area contributed by atoms with E-state index in [0.29, 0.717) is 0 Å². The van der Waals surface area contributed by atoms with E-state index in [2.05, 4.69) is 9.68 Å². The maximum Gasteiger partial charge on any atom is 0.115 e. The third kappa shape index (κ3) is 3.42. The number of rotatable bonds is 4. The van der Waals surface area contributed by atoms with Crippen LogP contribution in [0.1, 0.15) is 12.8 Å². The lowest BCUT2D eigenvalue weighted by Crippen LogP contribution is -2.35. The molecule has 84 valence electrons. The van der Waals surface area contributed by atoms with E-state index in [0.717, 1.165) is 0 Å². The van der Waals surface area contributed by atoms with Crippen LogP contribution in [0.5, 0.6) is 0 Å². The standard InChI is InChI=1S/C5H12N2O7/c8-3-1-4(13-6(9)10)5(2-3)14-7(11)12/h3-5,8-12H,1-2H2/t3-,4-,5+. The molecule has 0 saturated heterocycles. The van der Waals surface area contributed by atoms with Crippen LogP contribution in [0.25, 0.3) is 0 Å². The lowest BCUT2D eigenvalue weighted by Gasteiger charge is -2.20. The molecule has 3 atom stereocenters. The van der Waals surface area contributed by atoms with Crippen LogP contribution in [0.15, 0.2) is 0 Å². The van der Waals surface area contributed by atoms with Gasteiger partial charge in [0.1, 0.15) is 12.2 Å². The molecule has 1 aliphatic carbocycles. The summed E-state index contributed by atoms with van der Waals surface area (Å²) in [5.74, 6) is 0. The van der Waals surface area contributed by atoms with Crippen molar-refractivity contribution in [3.63, 3.8) is 0 Å². The van der Waals surface area contributed by atoms with Gasteiger partial charge in [-0.1, -0.05) is 0 Å². The molecule has 5 N–H and O–H groups in total. The SMILES string of the molecule is O[C@H]1C[C@H](ON(O)O)[C@H](ON(O)O)C1. The lowest BCUT2D eigenvalue weighted by molar-refractivity contribution is -0.535. The minimum Gasteiger partial charge on any atom is -0.393 e. The molecule has 9 heteroatoms. The number of aliphatic hydroxyl groups excluding tert-OH is 1. The fraction of sp³-hybridized carbons (Fsp3) is 1.00. The molecule has 0 aromatic carbocycles. The van der Waals surface area contributed by atoms with E-state index in [-0.39, 0.29) is 12.8 Å². The average molecular weight is 212 g/mol. The Hall–Kier alpha value is -0.360. The van der Waals surface area contributed by atoms with Gasteiger partial charge in [0.15, 0.2) is 0 Å². The summed E-state index contributed by atoms with van der Waals surface area (Å²) < 4.78 is 0. The van der Waals surface area contributed by atoms with E-state index in [9.17, 15) is 5.11 Å². The predicted molar refractivity (Wildman–Crippen MR) is 35.8 cm³/mol. The molecule has 0 amide bonds. The Morgan fingerprint density at radius 3 is 1.50 bits per heavy atom. The first-order chi connectivity index (χ1) is 6.49. The zero-order valence-corrected chi connectivity index (χ0v) is 7.09. The van der Waals surface area contributed by atoms with E-state index in [1.165, 1.54) is 0 Å². The molecule has 0 aromatic heterocycles. The van der Waals surface area contributed by atoms with Gasteiger partial charge in [-0.2, -0.15) is 0 Å². The van der Waals surface area contributed by atoms with Crippen LogP contribution in [0.3, 0.4) is 0 Å². The first-order valence-electron chi connectivity index (χ1n) is 3.86. The normalized spacial score (nSPS) is 33.2. The van der Waals surface area contributed by atoms with E-state index in [1.54, 1.807) is 0 Å². The van der Waals surface area contributed by atoms with Gasteiger partial charge < -0.3 is 5.11 Å². The minimum absolute atomic E-state index is 0.0934. The Morgan fingerprint density at radius 2 is 1.21 bits per heavy atom. The summed E-state index contributed by atoms with van der Waals surface area (Å²) in [7, 11) is 0. The first-order valence-corrected chi connectivity index (χ1v) is 3.86. The molecule has 1 aliphatic rings. The molecule has 0 bridgehead atoms. The quantitative estimate of drug-likeness (QED) is 0.369. The van der Waals surface area contributed by atoms with Gasteiger partial charge in [-0.05, 0) is 0 Å². The van der Waals surface area contributed by atoms with Crippen molar-refractivity contribution in [2.24, 2.45) is 0 Å². The number of hydrogen-bond donors (Lipinski definition) is 5. The molecule has 1 saturated carbocycles. The van der Waals surface area contributed by atoms with Crippen molar-refractivity contribution in [2.45, 2.75) is 31.2 Å². The maximum atomic E-state index is 9.17. The Balaban J connectivity index is 2.45. The molecule has 1 fully saturated rings. The van der Waals surface area contributed by atoms with Gasteiger partial charge in [0, 0.05) is 12.8 Å². The average Bonchev–Trinajstić information content (AvgIpc) is 2.28. The topological polar surface area (TPSA) is 126 Å². The van der Waals surface area contributed by atoms with Crippen molar-refractivity contribution in [3.05, 3.63) is 0 Å². The molecule has 9 nitrogen and oxygen atoms in total. The number of hydrogen-bond acceptors (Lipinski definition) is 9. The van der Waals surface area contributed by atoms with Gasteiger partial charge in [-0.3, -0.25) is 20.8 Å². The van der Waals surface area contributed by atoms with Gasteiger partial charge in [0.25, 0.3) is 0 Å². The van der Waals surface area contributed by atoms with Crippen molar-refractivity contribution in [1.82, 2.24) is 10.8 Å². The monoisotopic (exact) mass is 212 g/mol. The molecular weight excluding hydrogens is 200 g/mol. The predicted octanol–water partition coefficient (Wildman–Crippen LogP) is -1.10. The highest BCUT2D eigenvalue weighted by Crippen LogP contribution is 2.25. The van der Waals surface area contributed by atoms with Gasteiger partial charge in [0.05, 0.1) is 16.9 Å². The smallest absolute Gasteiger partial charge is 0.115 e. The molecule has 0 spiro atoms. The Morgan fingerprint density at radius 1 is 0.857 bits per heavy atom. The van der Waals surface area contributed by atoms with Crippen molar-refractivity contribution in [3.8, 4) is 0 Å². The summed E-state index contributed by atoms with van der Waals surface area (Å²) >= 11 is 0. The third-order valence-electron chi connectivity index (χ3n) is 1.88. The molecule has 14 heavy (non-hydrogen) atoms. The highest BCUT2D eigenvalue weighted by atomic mass is 17.1. The van der Waals surface area contributed by atoms with Gasteiger partial charge in [-0.15, -0.1) is 0 Å². The minimum atomic E-state index is -0.873. The summed E-state index contributed by atoms with van der Waals surface area (Å²) in [5, 5.41) is 41.5. The van der Waals surface area contributed by atoms with Gasteiger partial charge in [-0.25, -0.2) is 9.68 Å². The molecule has 0 radical (unpaired) electrons. The second-order valence-corrected chi connectivity index (χ2v) is 2.92. The van der Waals surface area contributed by atoms with Crippen LogP contribution >= 0.6 is 0 Å². The molecule has 0 aliphatic heterocycles. The van der Waals surface area contributed by atoms with Crippen LogP contribution in [0, 0.1) is 0 Å². The zero-order chi connectivity index (χ0) is 10.7. The van der Waals surface area contributed by atoms with Crippen molar-refractivity contribution in [2.75, 3.05) is 0 Å². The number of aliphatic hydroxyl groups is 1. The van der Waals surface area contributed by atoms with E-state index in [4.69, 9.17) is 20.8 Å². The molecule has 0 aromatic rings. The summed E-state index contributed by atoms with van der Waals surface area (Å²) in [6.07, 6.45) is -2.32. The third-order valence-corrected chi connectivity index (χ3v) is 1.88. The lowest BCUT2D eigenvalue weighted by atomic mass is 10.3. The van der Waals surface area contributed by atoms with Crippen LogP contribution in [0.2, 0.25) is 0 Å². The fourth-order valence-corrected chi connectivity index (χ4v) is 1.40. The van der Waals surface area contributed by atoms with Crippen LogP contribution in [-0.2, 0) is 9.68 Å². The Bertz CT molecular complexity index is 159. The van der Waals surface area contributed by atoms with Gasteiger partial charge in [0.2, 0.25) is 0 Å². The van der Waals surface area contributed by atoms with Crippen LogP contribution < -0.4 is 0 Å². The Kier molecular flexibility index (Phi) is 4.12. The van der Waals surface area contributed by atoms with E-state index < -0.39 is 29.1 Å². The fourth-order valence-electron chi connectivity index (χ4n) is 1.40. The summed E-state index contributed by atoms with van der Waals surface area (Å²) in [6.45, 7) is 0.